The van der Waals surface area contributed by atoms with Crippen molar-refractivity contribution >= 4 is 5.91 Å². The van der Waals surface area contributed by atoms with E-state index >= 15 is 0 Å². The van der Waals surface area contributed by atoms with E-state index in [9.17, 15) is 4.79 Å². The summed E-state index contributed by atoms with van der Waals surface area (Å²) < 4.78 is 0. The first-order valence-corrected chi connectivity index (χ1v) is 6.54. The van der Waals surface area contributed by atoms with Crippen molar-refractivity contribution in [2.75, 3.05) is 20.1 Å². The first-order chi connectivity index (χ1) is 8.49. The minimum absolute atomic E-state index is 0.372. The highest BCUT2D eigenvalue weighted by atomic mass is 16.1. The van der Waals surface area contributed by atoms with Crippen LogP contribution in [0.2, 0.25) is 0 Å². The van der Waals surface area contributed by atoms with Gasteiger partial charge in [0.2, 0.25) is 5.91 Å². The number of aryl methyl sites for hydroxylation is 1. The lowest BCUT2D eigenvalue weighted by molar-refractivity contribution is 0.1000. The van der Waals surface area contributed by atoms with Crippen LogP contribution in [-0.2, 0) is 0 Å². The Kier molecular flexibility index (Phi) is 5.86. The Hall–Kier alpha value is -1.35. The maximum Gasteiger partial charge on any atom is 0.248 e. The van der Waals surface area contributed by atoms with E-state index in [2.05, 4.69) is 18.9 Å². The van der Waals surface area contributed by atoms with Gasteiger partial charge < -0.3 is 10.6 Å². The molecule has 1 fully saturated rings. The van der Waals surface area contributed by atoms with Gasteiger partial charge in [0, 0.05) is 5.56 Å². The summed E-state index contributed by atoms with van der Waals surface area (Å²) in [5.74, 6) is 0.606. The Morgan fingerprint density at radius 3 is 2.33 bits per heavy atom. The number of hydrogen-bond donors (Lipinski definition) is 1. The average Bonchev–Trinajstić information content (AvgIpc) is 2.34. The number of amides is 1. The van der Waals surface area contributed by atoms with Gasteiger partial charge in [0.15, 0.2) is 0 Å². The van der Waals surface area contributed by atoms with Gasteiger partial charge in [-0.25, -0.2) is 0 Å². The van der Waals surface area contributed by atoms with Crippen molar-refractivity contribution in [1.82, 2.24) is 4.90 Å². The Labute approximate surface area is 110 Å². The van der Waals surface area contributed by atoms with Gasteiger partial charge in [0.25, 0.3) is 0 Å². The highest BCUT2D eigenvalue weighted by Gasteiger charge is 2.10. The minimum atomic E-state index is -0.372. The van der Waals surface area contributed by atoms with E-state index in [1.54, 1.807) is 12.1 Å². The second-order valence-electron chi connectivity index (χ2n) is 5.22. The van der Waals surface area contributed by atoms with Crippen molar-refractivity contribution in [1.29, 1.82) is 0 Å². The number of likely N-dealkylation sites (tertiary alicyclic amines) is 1. The first kappa shape index (κ1) is 14.7. The van der Waals surface area contributed by atoms with Crippen molar-refractivity contribution in [3.05, 3.63) is 35.4 Å². The van der Waals surface area contributed by atoms with Crippen molar-refractivity contribution in [3.8, 4) is 0 Å². The van der Waals surface area contributed by atoms with E-state index in [1.807, 2.05) is 19.1 Å². The summed E-state index contributed by atoms with van der Waals surface area (Å²) in [7, 11) is 2.20. The van der Waals surface area contributed by atoms with Crippen molar-refractivity contribution in [2.45, 2.75) is 26.7 Å². The molecular weight excluding hydrogens is 224 g/mol. The summed E-state index contributed by atoms with van der Waals surface area (Å²) in [5, 5.41) is 0. The van der Waals surface area contributed by atoms with Crippen LogP contribution in [0.15, 0.2) is 24.3 Å². The number of primary amides is 1. The number of benzene rings is 1. The van der Waals surface area contributed by atoms with E-state index in [0.29, 0.717) is 5.56 Å². The van der Waals surface area contributed by atoms with Gasteiger partial charge in [-0.15, -0.1) is 0 Å². The maximum atomic E-state index is 10.6. The predicted octanol–water partition coefficient (Wildman–Crippen LogP) is 2.44. The van der Waals surface area contributed by atoms with Gasteiger partial charge in [-0.05, 0) is 58.0 Å². The summed E-state index contributed by atoms with van der Waals surface area (Å²) in [5.41, 5.74) is 6.67. The number of hydrogen-bond acceptors (Lipinski definition) is 2. The van der Waals surface area contributed by atoms with Gasteiger partial charge in [-0.1, -0.05) is 24.6 Å². The van der Waals surface area contributed by atoms with Gasteiger partial charge in [0.05, 0.1) is 0 Å². The Morgan fingerprint density at radius 2 is 1.94 bits per heavy atom. The summed E-state index contributed by atoms with van der Waals surface area (Å²) in [4.78, 5) is 13.0. The lowest BCUT2D eigenvalue weighted by atomic mass is 10.00. The SMILES string of the molecule is CC1CCN(C)CC1.Cc1cccc(C(N)=O)c1. The largest absolute Gasteiger partial charge is 0.366 e. The zero-order valence-corrected chi connectivity index (χ0v) is 11.6. The van der Waals surface area contributed by atoms with E-state index in [0.717, 1.165) is 11.5 Å². The highest BCUT2D eigenvalue weighted by Crippen LogP contribution is 2.13. The molecule has 1 aromatic rings. The normalized spacial score (nSPS) is 16.8. The van der Waals surface area contributed by atoms with Crippen molar-refractivity contribution < 1.29 is 4.79 Å². The van der Waals surface area contributed by atoms with Crippen LogP contribution in [0.1, 0.15) is 35.7 Å². The third-order valence-corrected chi connectivity index (χ3v) is 3.31. The van der Waals surface area contributed by atoms with Crippen LogP contribution in [0.3, 0.4) is 0 Å². The molecule has 1 aliphatic heterocycles. The van der Waals surface area contributed by atoms with Crippen LogP contribution in [0.4, 0.5) is 0 Å². The molecule has 1 aliphatic rings. The smallest absolute Gasteiger partial charge is 0.248 e. The molecule has 0 saturated carbocycles. The van der Waals surface area contributed by atoms with E-state index < -0.39 is 0 Å². The zero-order chi connectivity index (χ0) is 13.5. The Bertz CT molecular complexity index is 372. The first-order valence-electron chi connectivity index (χ1n) is 6.54. The number of nitrogens with zero attached hydrogens (tertiary/aromatic N) is 1. The molecule has 0 bridgehead atoms. The van der Waals surface area contributed by atoms with Crippen LogP contribution in [0.25, 0.3) is 0 Å². The Morgan fingerprint density at radius 1 is 1.33 bits per heavy atom. The molecule has 1 amide bonds. The summed E-state index contributed by atoms with van der Waals surface area (Å²) in [6, 6.07) is 7.21. The molecular formula is C15H24N2O. The fraction of sp³-hybridized carbons (Fsp3) is 0.533. The molecule has 0 radical (unpaired) electrons. The lowest BCUT2D eigenvalue weighted by Crippen LogP contribution is -2.28. The number of carbonyl (C=O) groups excluding carboxylic acids is 1. The van der Waals surface area contributed by atoms with Crippen LogP contribution >= 0.6 is 0 Å². The van der Waals surface area contributed by atoms with Gasteiger partial charge in [-0.2, -0.15) is 0 Å². The van der Waals surface area contributed by atoms with Gasteiger partial charge in [-0.3, -0.25) is 4.79 Å². The molecule has 1 saturated heterocycles. The fourth-order valence-electron chi connectivity index (χ4n) is 1.94. The number of carbonyl (C=O) groups is 1. The monoisotopic (exact) mass is 248 g/mol. The number of piperidine rings is 1. The second-order valence-corrected chi connectivity index (χ2v) is 5.22. The molecule has 2 N–H and O–H groups in total. The van der Waals surface area contributed by atoms with Crippen LogP contribution in [-0.4, -0.2) is 30.9 Å². The van der Waals surface area contributed by atoms with Gasteiger partial charge in [0.1, 0.15) is 0 Å². The topological polar surface area (TPSA) is 46.3 Å². The summed E-state index contributed by atoms with van der Waals surface area (Å²) in [6.07, 6.45) is 2.80. The third kappa shape index (κ3) is 5.32. The quantitative estimate of drug-likeness (QED) is 0.829. The van der Waals surface area contributed by atoms with E-state index in [4.69, 9.17) is 5.73 Å². The summed E-state index contributed by atoms with van der Waals surface area (Å²) in [6.45, 7) is 6.88. The minimum Gasteiger partial charge on any atom is -0.366 e. The number of rotatable bonds is 1. The molecule has 3 nitrogen and oxygen atoms in total. The molecule has 1 heterocycles. The molecule has 18 heavy (non-hydrogen) atoms. The van der Waals surface area contributed by atoms with Crippen LogP contribution in [0.5, 0.6) is 0 Å². The zero-order valence-electron chi connectivity index (χ0n) is 11.6. The molecule has 0 unspecified atom stereocenters. The highest BCUT2D eigenvalue weighted by molar-refractivity contribution is 5.92. The van der Waals surface area contributed by atoms with Crippen LogP contribution in [0, 0.1) is 12.8 Å². The molecule has 2 rings (SSSR count). The second kappa shape index (κ2) is 7.17. The number of nitrogens with two attached hydrogens (primary N) is 1. The van der Waals surface area contributed by atoms with Crippen molar-refractivity contribution in [3.63, 3.8) is 0 Å². The molecule has 0 atom stereocenters. The standard InChI is InChI=1S/C8H9NO.C7H15N/c1-6-3-2-4-7(5-6)8(9)10;1-7-3-5-8(2)6-4-7/h2-5H,1H3,(H2,9,10);7H,3-6H2,1-2H3. The molecule has 1 aromatic carbocycles. The fourth-order valence-corrected chi connectivity index (χ4v) is 1.94. The third-order valence-electron chi connectivity index (χ3n) is 3.31. The van der Waals surface area contributed by atoms with E-state index in [1.165, 1.54) is 25.9 Å². The maximum absolute atomic E-state index is 10.6. The average molecular weight is 248 g/mol. The Balaban J connectivity index is 0.000000184. The molecule has 0 aliphatic carbocycles. The molecule has 3 heteroatoms. The van der Waals surface area contributed by atoms with Crippen LogP contribution < -0.4 is 5.73 Å². The van der Waals surface area contributed by atoms with Gasteiger partial charge >= 0.3 is 0 Å². The van der Waals surface area contributed by atoms with E-state index in [-0.39, 0.29) is 5.91 Å². The molecule has 0 spiro atoms. The van der Waals surface area contributed by atoms with Crippen molar-refractivity contribution in [2.24, 2.45) is 11.7 Å². The summed E-state index contributed by atoms with van der Waals surface area (Å²) >= 11 is 0. The lowest BCUT2D eigenvalue weighted by Gasteiger charge is -2.26. The molecule has 0 aromatic heterocycles. The predicted molar refractivity (Wildman–Crippen MR) is 75.6 cm³/mol. The molecule has 100 valence electrons.